The van der Waals surface area contributed by atoms with E-state index in [2.05, 4.69) is 15.5 Å². The minimum Gasteiger partial charge on any atom is -0.445 e. The zero-order chi connectivity index (χ0) is 15.6. The Bertz CT molecular complexity index is 447. The highest BCUT2D eigenvalue weighted by Crippen LogP contribution is 2.01. The molecule has 3 N–H and O–H groups in total. The van der Waals surface area contributed by atoms with Gasteiger partial charge in [0, 0.05) is 32.2 Å². The van der Waals surface area contributed by atoms with Gasteiger partial charge in [-0.1, -0.05) is 30.3 Å². The lowest BCUT2D eigenvalue weighted by Gasteiger charge is -2.32. The van der Waals surface area contributed by atoms with Crippen molar-refractivity contribution >= 4 is 18.5 Å². The SMILES string of the molecule is Cl.O=C(NCCCN1CCNC(CO)C1)OCc1ccccc1. The molecule has 7 heteroatoms. The Balaban J connectivity index is 0.00000264. The highest BCUT2D eigenvalue weighted by Gasteiger charge is 2.17. The van der Waals surface area contributed by atoms with Gasteiger partial charge in [-0.2, -0.15) is 0 Å². The first-order chi connectivity index (χ1) is 10.8. The maximum atomic E-state index is 11.6. The predicted molar refractivity (Wildman–Crippen MR) is 91.8 cm³/mol. The van der Waals surface area contributed by atoms with Crippen molar-refractivity contribution in [3.05, 3.63) is 35.9 Å². The van der Waals surface area contributed by atoms with Crippen LogP contribution in [0.25, 0.3) is 0 Å². The molecular formula is C16H26ClN3O3. The molecule has 1 fully saturated rings. The zero-order valence-corrected chi connectivity index (χ0v) is 14.1. The summed E-state index contributed by atoms with van der Waals surface area (Å²) in [5, 5.41) is 15.2. The smallest absolute Gasteiger partial charge is 0.407 e. The average molecular weight is 344 g/mol. The van der Waals surface area contributed by atoms with Gasteiger partial charge in [-0.05, 0) is 18.5 Å². The van der Waals surface area contributed by atoms with E-state index < -0.39 is 0 Å². The Labute approximate surface area is 143 Å². The lowest BCUT2D eigenvalue weighted by atomic mass is 10.2. The van der Waals surface area contributed by atoms with E-state index in [1.165, 1.54) is 0 Å². The van der Waals surface area contributed by atoms with E-state index in [1.54, 1.807) is 0 Å². The molecule has 0 saturated carbocycles. The molecule has 130 valence electrons. The summed E-state index contributed by atoms with van der Waals surface area (Å²) < 4.78 is 5.15. The topological polar surface area (TPSA) is 73.8 Å². The van der Waals surface area contributed by atoms with E-state index in [0.717, 1.165) is 38.2 Å². The average Bonchev–Trinajstić information content (AvgIpc) is 2.58. The number of alkyl carbamates (subject to hydrolysis) is 1. The van der Waals surface area contributed by atoms with Gasteiger partial charge in [-0.15, -0.1) is 12.4 Å². The number of nitrogens with zero attached hydrogens (tertiary/aromatic N) is 1. The van der Waals surface area contributed by atoms with Crippen molar-refractivity contribution in [1.82, 2.24) is 15.5 Å². The summed E-state index contributed by atoms with van der Waals surface area (Å²) in [6, 6.07) is 9.79. The maximum absolute atomic E-state index is 11.6. The number of hydrogen-bond acceptors (Lipinski definition) is 5. The molecule has 2 rings (SSSR count). The second kappa shape index (κ2) is 11.2. The molecule has 1 atom stereocenters. The largest absolute Gasteiger partial charge is 0.445 e. The molecule has 1 unspecified atom stereocenters. The van der Waals surface area contributed by atoms with Crippen LogP contribution in [-0.2, 0) is 11.3 Å². The fraction of sp³-hybridized carbons (Fsp3) is 0.562. The van der Waals surface area contributed by atoms with E-state index in [1.807, 2.05) is 30.3 Å². The molecule has 1 saturated heterocycles. The van der Waals surface area contributed by atoms with Gasteiger partial charge >= 0.3 is 6.09 Å². The van der Waals surface area contributed by atoms with Crippen LogP contribution in [0, 0.1) is 0 Å². The van der Waals surface area contributed by atoms with Crippen LogP contribution in [0.1, 0.15) is 12.0 Å². The van der Waals surface area contributed by atoms with Crippen molar-refractivity contribution in [3.8, 4) is 0 Å². The summed E-state index contributed by atoms with van der Waals surface area (Å²) in [7, 11) is 0. The number of hydrogen-bond donors (Lipinski definition) is 3. The number of carbonyl (C=O) groups excluding carboxylic acids is 1. The van der Waals surface area contributed by atoms with Crippen LogP contribution in [0.2, 0.25) is 0 Å². The summed E-state index contributed by atoms with van der Waals surface area (Å²) in [6.45, 7) is 4.71. The number of nitrogens with one attached hydrogen (secondary N) is 2. The number of aliphatic hydroxyl groups is 1. The number of rotatable bonds is 7. The molecule has 1 aliphatic heterocycles. The molecule has 1 aliphatic rings. The van der Waals surface area contributed by atoms with Crippen molar-refractivity contribution < 1.29 is 14.6 Å². The molecule has 1 aromatic carbocycles. The van der Waals surface area contributed by atoms with Gasteiger partial charge in [0.05, 0.1) is 6.61 Å². The van der Waals surface area contributed by atoms with Crippen molar-refractivity contribution in [2.24, 2.45) is 0 Å². The minimum absolute atomic E-state index is 0. The molecule has 0 aromatic heterocycles. The van der Waals surface area contributed by atoms with E-state index in [9.17, 15) is 4.79 Å². The lowest BCUT2D eigenvalue weighted by Crippen LogP contribution is -2.52. The second-order valence-corrected chi connectivity index (χ2v) is 5.48. The van der Waals surface area contributed by atoms with Crippen LogP contribution in [0.5, 0.6) is 0 Å². The third-order valence-electron chi connectivity index (χ3n) is 3.69. The molecule has 0 aliphatic carbocycles. The van der Waals surface area contributed by atoms with Gasteiger partial charge in [-0.3, -0.25) is 0 Å². The minimum atomic E-state index is -0.377. The molecule has 1 aromatic rings. The number of carbonyl (C=O) groups is 1. The Morgan fingerprint density at radius 1 is 1.39 bits per heavy atom. The molecule has 23 heavy (non-hydrogen) atoms. The highest BCUT2D eigenvalue weighted by atomic mass is 35.5. The monoisotopic (exact) mass is 343 g/mol. The standard InChI is InChI=1S/C16H25N3O3.ClH/c20-12-15-11-19(10-8-17-15)9-4-7-18-16(21)22-13-14-5-2-1-3-6-14;/h1-3,5-6,15,17,20H,4,7-13H2,(H,18,21);1H. The third kappa shape index (κ3) is 7.65. The van der Waals surface area contributed by atoms with Crippen molar-refractivity contribution in [1.29, 1.82) is 0 Å². The maximum Gasteiger partial charge on any atom is 0.407 e. The number of benzene rings is 1. The van der Waals surface area contributed by atoms with Gasteiger partial charge in [0.15, 0.2) is 0 Å². The van der Waals surface area contributed by atoms with Crippen molar-refractivity contribution in [2.45, 2.75) is 19.1 Å². The Morgan fingerprint density at radius 2 is 2.17 bits per heavy atom. The Morgan fingerprint density at radius 3 is 2.91 bits per heavy atom. The quantitative estimate of drug-likeness (QED) is 0.644. The summed E-state index contributed by atoms with van der Waals surface area (Å²) in [5.41, 5.74) is 0.980. The molecule has 6 nitrogen and oxygen atoms in total. The Hall–Kier alpha value is -1.34. The molecule has 0 bridgehead atoms. The van der Waals surface area contributed by atoms with E-state index in [0.29, 0.717) is 13.2 Å². The van der Waals surface area contributed by atoms with Gasteiger partial charge in [0.2, 0.25) is 0 Å². The number of halogens is 1. The fourth-order valence-corrected chi connectivity index (χ4v) is 2.49. The fourth-order valence-electron chi connectivity index (χ4n) is 2.49. The summed E-state index contributed by atoms with van der Waals surface area (Å²) >= 11 is 0. The van der Waals surface area contributed by atoms with Crippen LogP contribution in [-0.4, -0.2) is 61.5 Å². The van der Waals surface area contributed by atoms with Crippen molar-refractivity contribution in [3.63, 3.8) is 0 Å². The van der Waals surface area contributed by atoms with Crippen molar-refractivity contribution in [2.75, 3.05) is 39.3 Å². The zero-order valence-electron chi connectivity index (χ0n) is 13.2. The normalized spacial score (nSPS) is 18.0. The number of aliphatic hydroxyl groups excluding tert-OH is 1. The van der Waals surface area contributed by atoms with E-state index in [4.69, 9.17) is 9.84 Å². The van der Waals surface area contributed by atoms with Gasteiger partial charge in [-0.25, -0.2) is 4.79 Å². The predicted octanol–water partition coefficient (Wildman–Crippen LogP) is 0.991. The number of piperazine rings is 1. The highest BCUT2D eigenvalue weighted by molar-refractivity contribution is 5.85. The third-order valence-corrected chi connectivity index (χ3v) is 3.69. The van der Waals surface area contributed by atoms with Crippen LogP contribution < -0.4 is 10.6 Å². The molecule has 0 radical (unpaired) electrons. The summed E-state index contributed by atoms with van der Waals surface area (Å²) in [6.07, 6.45) is 0.496. The van der Waals surface area contributed by atoms with Crippen LogP contribution in [0.15, 0.2) is 30.3 Å². The van der Waals surface area contributed by atoms with Gasteiger partial charge in [0.25, 0.3) is 0 Å². The first kappa shape index (κ1) is 19.7. The number of amides is 1. The van der Waals surface area contributed by atoms with Crippen LogP contribution >= 0.6 is 12.4 Å². The molecule has 0 spiro atoms. The van der Waals surface area contributed by atoms with E-state index in [-0.39, 0.29) is 31.1 Å². The summed E-state index contributed by atoms with van der Waals surface area (Å²) in [5.74, 6) is 0. The van der Waals surface area contributed by atoms with Crippen LogP contribution in [0.3, 0.4) is 0 Å². The molecule has 1 amide bonds. The summed E-state index contributed by atoms with van der Waals surface area (Å²) in [4.78, 5) is 13.9. The number of ether oxygens (including phenoxy) is 1. The molecular weight excluding hydrogens is 318 g/mol. The first-order valence-electron chi connectivity index (χ1n) is 7.79. The van der Waals surface area contributed by atoms with E-state index >= 15 is 0 Å². The second-order valence-electron chi connectivity index (χ2n) is 5.48. The Kier molecular flexibility index (Phi) is 9.63. The lowest BCUT2D eigenvalue weighted by molar-refractivity contribution is 0.136. The van der Waals surface area contributed by atoms with Gasteiger partial charge in [0.1, 0.15) is 6.61 Å². The first-order valence-corrected chi connectivity index (χ1v) is 7.79. The molecule has 1 heterocycles. The van der Waals surface area contributed by atoms with Gasteiger partial charge < -0.3 is 25.4 Å². The van der Waals surface area contributed by atoms with Crippen LogP contribution in [0.4, 0.5) is 4.79 Å².